The lowest BCUT2D eigenvalue weighted by Crippen LogP contribution is -2.25. The number of carbonyl (C=O) groups excluding carboxylic acids is 2. The fourth-order valence-electron chi connectivity index (χ4n) is 1.39. The zero-order valence-electron chi connectivity index (χ0n) is 11.2. The molecule has 1 unspecified atom stereocenters. The molecular formula is C13H24O4. The van der Waals surface area contributed by atoms with Gasteiger partial charge in [0.25, 0.3) is 0 Å². The lowest BCUT2D eigenvalue weighted by Gasteiger charge is -2.15. The molecule has 0 rings (SSSR count). The van der Waals surface area contributed by atoms with Crippen molar-refractivity contribution in [2.45, 2.75) is 40.0 Å². The van der Waals surface area contributed by atoms with Gasteiger partial charge in [-0.15, -0.1) is 0 Å². The Kier molecular flexibility index (Phi) is 9.96. The number of rotatable bonds is 11. The van der Waals surface area contributed by atoms with Crippen molar-refractivity contribution in [3.8, 4) is 0 Å². The molecule has 0 bridgehead atoms. The van der Waals surface area contributed by atoms with E-state index in [2.05, 4.69) is 0 Å². The monoisotopic (exact) mass is 244 g/mol. The predicted octanol–water partition coefficient (Wildman–Crippen LogP) is 2.00. The molecule has 0 spiro atoms. The van der Waals surface area contributed by atoms with Crippen molar-refractivity contribution in [3.05, 3.63) is 0 Å². The number of hydrogen-bond acceptors (Lipinski definition) is 4. The van der Waals surface area contributed by atoms with E-state index in [0.717, 1.165) is 6.42 Å². The molecule has 1 atom stereocenters. The lowest BCUT2D eigenvalue weighted by molar-refractivity contribution is -0.127. The molecule has 0 radical (unpaired) electrons. The van der Waals surface area contributed by atoms with Crippen molar-refractivity contribution in [1.82, 2.24) is 0 Å². The third kappa shape index (κ3) is 9.01. The fourth-order valence-corrected chi connectivity index (χ4v) is 1.39. The summed E-state index contributed by atoms with van der Waals surface area (Å²) in [7, 11) is 0. The highest BCUT2D eigenvalue weighted by Crippen LogP contribution is 2.06. The topological polar surface area (TPSA) is 52.6 Å². The smallest absolute Gasteiger partial charge is 0.140 e. The summed E-state index contributed by atoms with van der Waals surface area (Å²) in [5, 5.41) is 0. The van der Waals surface area contributed by atoms with Crippen LogP contribution in [0.2, 0.25) is 0 Å². The Morgan fingerprint density at radius 3 is 2.24 bits per heavy atom. The number of ether oxygens (including phenoxy) is 2. The van der Waals surface area contributed by atoms with Crippen LogP contribution in [0.25, 0.3) is 0 Å². The van der Waals surface area contributed by atoms with Crippen LogP contribution in [-0.2, 0) is 19.1 Å². The molecule has 0 saturated heterocycles. The molecule has 0 heterocycles. The molecule has 4 nitrogen and oxygen atoms in total. The Labute approximate surface area is 104 Å². The van der Waals surface area contributed by atoms with Gasteiger partial charge in [0.05, 0.1) is 25.7 Å². The summed E-state index contributed by atoms with van der Waals surface area (Å²) in [5.41, 5.74) is 0. The van der Waals surface area contributed by atoms with Crippen LogP contribution in [0.4, 0.5) is 0 Å². The Morgan fingerprint density at radius 1 is 1.06 bits per heavy atom. The van der Waals surface area contributed by atoms with Crippen molar-refractivity contribution in [2.24, 2.45) is 5.92 Å². The standard InChI is InChI=1S/C13H24O4/c1-4-6-13(15)12(9-16-5-2)10-17-8-7-11(3)14/h12H,4-10H2,1-3H3. The summed E-state index contributed by atoms with van der Waals surface area (Å²) >= 11 is 0. The minimum atomic E-state index is -0.193. The second-order valence-electron chi connectivity index (χ2n) is 4.10. The van der Waals surface area contributed by atoms with E-state index in [1.807, 2.05) is 13.8 Å². The Hall–Kier alpha value is -0.740. The Balaban J connectivity index is 3.92. The molecule has 0 aromatic heterocycles. The molecule has 0 amide bonds. The van der Waals surface area contributed by atoms with Gasteiger partial charge in [-0.2, -0.15) is 0 Å². The van der Waals surface area contributed by atoms with Crippen molar-refractivity contribution in [3.63, 3.8) is 0 Å². The fraction of sp³-hybridized carbons (Fsp3) is 0.846. The third-order valence-electron chi connectivity index (χ3n) is 2.39. The van der Waals surface area contributed by atoms with Crippen LogP contribution in [0.15, 0.2) is 0 Å². The molecule has 17 heavy (non-hydrogen) atoms. The highest BCUT2D eigenvalue weighted by atomic mass is 16.5. The molecular weight excluding hydrogens is 220 g/mol. The Morgan fingerprint density at radius 2 is 1.71 bits per heavy atom. The van der Waals surface area contributed by atoms with E-state index < -0.39 is 0 Å². The molecule has 0 fully saturated rings. The summed E-state index contributed by atoms with van der Waals surface area (Å²) in [5.74, 6) is 0.0943. The first-order valence-electron chi connectivity index (χ1n) is 6.29. The van der Waals surface area contributed by atoms with E-state index in [1.165, 1.54) is 6.92 Å². The number of hydrogen-bond donors (Lipinski definition) is 0. The summed E-state index contributed by atoms with van der Waals surface area (Å²) in [6.45, 7) is 7.16. The van der Waals surface area contributed by atoms with Crippen LogP contribution < -0.4 is 0 Å². The van der Waals surface area contributed by atoms with Gasteiger partial charge in [0.2, 0.25) is 0 Å². The molecule has 0 aliphatic rings. The van der Waals surface area contributed by atoms with Crippen molar-refractivity contribution in [1.29, 1.82) is 0 Å². The van der Waals surface area contributed by atoms with E-state index in [4.69, 9.17) is 9.47 Å². The number of ketones is 2. The molecule has 0 saturated carbocycles. The second kappa shape index (κ2) is 10.4. The molecule has 0 aliphatic carbocycles. The van der Waals surface area contributed by atoms with Crippen LogP contribution in [-0.4, -0.2) is 38.0 Å². The molecule has 4 heteroatoms. The van der Waals surface area contributed by atoms with E-state index in [1.54, 1.807) is 0 Å². The average Bonchev–Trinajstić information content (AvgIpc) is 2.28. The van der Waals surface area contributed by atoms with Crippen molar-refractivity contribution < 1.29 is 19.1 Å². The number of Topliss-reactive ketones (excluding diaryl/α,β-unsaturated/α-hetero) is 2. The second-order valence-corrected chi connectivity index (χ2v) is 4.10. The van der Waals surface area contributed by atoms with Crippen molar-refractivity contribution in [2.75, 3.05) is 26.4 Å². The molecule has 0 aromatic rings. The van der Waals surface area contributed by atoms with E-state index in [-0.39, 0.29) is 17.5 Å². The van der Waals surface area contributed by atoms with Crippen LogP contribution in [0.1, 0.15) is 40.0 Å². The summed E-state index contributed by atoms with van der Waals surface area (Å²) < 4.78 is 10.6. The average molecular weight is 244 g/mol. The van der Waals surface area contributed by atoms with E-state index in [0.29, 0.717) is 39.3 Å². The van der Waals surface area contributed by atoms with Crippen LogP contribution >= 0.6 is 0 Å². The van der Waals surface area contributed by atoms with Gasteiger partial charge < -0.3 is 9.47 Å². The SMILES string of the molecule is CCCC(=O)C(COCC)COCCC(C)=O. The minimum Gasteiger partial charge on any atom is -0.381 e. The van der Waals surface area contributed by atoms with Crippen LogP contribution in [0.3, 0.4) is 0 Å². The van der Waals surface area contributed by atoms with Crippen molar-refractivity contribution >= 4 is 11.6 Å². The third-order valence-corrected chi connectivity index (χ3v) is 2.39. The van der Waals surface area contributed by atoms with Gasteiger partial charge in [-0.05, 0) is 20.3 Å². The first kappa shape index (κ1) is 16.3. The van der Waals surface area contributed by atoms with E-state index >= 15 is 0 Å². The first-order valence-corrected chi connectivity index (χ1v) is 6.29. The maximum absolute atomic E-state index is 11.8. The highest BCUT2D eigenvalue weighted by molar-refractivity contribution is 5.81. The van der Waals surface area contributed by atoms with Gasteiger partial charge >= 0.3 is 0 Å². The maximum Gasteiger partial charge on any atom is 0.140 e. The van der Waals surface area contributed by atoms with Gasteiger partial charge in [0.15, 0.2) is 0 Å². The van der Waals surface area contributed by atoms with Crippen LogP contribution in [0.5, 0.6) is 0 Å². The number of carbonyl (C=O) groups is 2. The van der Waals surface area contributed by atoms with Gasteiger partial charge in [0, 0.05) is 19.4 Å². The lowest BCUT2D eigenvalue weighted by atomic mass is 10.0. The van der Waals surface area contributed by atoms with Crippen LogP contribution in [0, 0.1) is 5.92 Å². The minimum absolute atomic E-state index is 0.103. The maximum atomic E-state index is 11.8. The summed E-state index contributed by atoms with van der Waals surface area (Å²) in [6.07, 6.45) is 1.81. The van der Waals surface area contributed by atoms with Gasteiger partial charge in [-0.3, -0.25) is 9.59 Å². The highest BCUT2D eigenvalue weighted by Gasteiger charge is 2.17. The molecule has 0 N–H and O–H groups in total. The summed E-state index contributed by atoms with van der Waals surface area (Å²) in [4.78, 5) is 22.5. The Bertz CT molecular complexity index is 225. The summed E-state index contributed by atoms with van der Waals surface area (Å²) in [6, 6.07) is 0. The van der Waals surface area contributed by atoms with Gasteiger partial charge in [0.1, 0.15) is 11.6 Å². The molecule has 100 valence electrons. The normalized spacial score (nSPS) is 12.4. The zero-order chi connectivity index (χ0) is 13.1. The van der Waals surface area contributed by atoms with E-state index in [9.17, 15) is 9.59 Å². The molecule has 0 aliphatic heterocycles. The predicted molar refractivity (Wildman–Crippen MR) is 66.0 cm³/mol. The van der Waals surface area contributed by atoms with Gasteiger partial charge in [-0.1, -0.05) is 6.92 Å². The largest absolute Gasteiger partial charge is 0.381 e. The van der Waals surface area contributed by atoms with Gasteiger partial charge in [-0.25, -0.2) is 0 Å². The molecule has 0 aromatic carbocycles. The first-order chi connectivity index (χ1) is 8.11. The zero-order valence-corrected chi connectivity index (χ0v) is 11.2. The quantitative estimate of drug-likeness (QED) is 0.522.